The molecule has 0 saturated carbocycles. The Kier molecular flexibility index (Phi) is 6.15. The lowest BCUT2D eigenvalue weighted by atomic mass is 9.98. The first-order valence-corrected chi connectivity index (χ1v) is 10.1. The van der Waals surface area contributed by atoms with E-state index in [-0.39, 0.29) is 11.8 Å². The Balaban J connectivity index is 1.91. The van der Waals surface area contributed by atoms with Gasteiger partial charge in [0.05, 0.1) is 17.6 Å². The van der Waals surface area contributed by atoms with Crippen LogP contribution in [-0.2, 0) is 11.2 Å². The normalized spacial score (nSPS) is 17.1. The highest BCUT2D eigenvalue weighted by molar-refractivity contribution is 5.99. The van der Waals surface area contributed by atoms with Crippen LogP contribution in [0.2, 0.25) is 0 Å². The largest absolute Gasteiger partial charge is 0.382 e. The second kappa shape index (κ2) is 8.59. The third kappa shape index (κ3) is 4.39. The van der Waals surface area contributed by atoms with E-state index in [1.54, 1.807) is 29.1 Å². The Hall–Kier alpha value is -2.96. The van der Waals surface area contributed by atoms with Gasteiger partial charge in [0.25, 0.3) is 5.91 Å². The molecule has 29 heavy (non-hydrogen) atoms. The van der Waals surface area contributed by atoms with Crippen molar-refractivity contribution in [3.63, 3.8) is 0 Å². The van der Waals surface area contributed by atoms with Crippen LogP contribution in [0.25, 0.3) is 11.3 Å². The van der Waals surface area contributed by atoms with Gasteiger partial charge in [0.2, 0.25) is 5.91 Å². The first-order chi connectivity index (χ1) is 13.8. The summed E-state index contributed by atoms with van der Waals surface area (Å²) in [6, 6.07) is 6.91. The molecule has 7 nitrogen and oxygen atoms in total. The number of hydrogen-bond acceptors (Lipinski definition) is 5. The molecule has 1 saturated heterocycles. The number of nitrogen functional groups attached to an aromatic ring is 1. The van der Waals surface area contributed by atoms with Crippen LogP contribution < -0.4 is 5.73 Å². The lowest BCUT2D eigenvalue weighted by Gasteiger charge is -2.40. The highest BCUT2D eigenvalue weighted by Crippen LogP contribution is 2.24. The number of likely N-dealkylation sites (N-methyl/N-ethyl adjacent to an activating group) is 1. The molecule has 2 aromatic rings. The van der Waals surface area contributed by atoms with Gasteiger partial charge in [-0.1, -0.05) is 32.9 Å². The maximum absolute atomic E-state index is 13.3. The summed E-state index contributed by atoms with van der Waals surface area (Å²) in [4.78, 5) is 38.2. The number of piperazine rings is 1. The summed E-state index contributed by atoms with van der Waals surface area (Å²) < 4.78 is 0. The number of aryl methyl sites for hydroxylation is 1. The minimum absolute atomic E-state index is 0.00597. The number of rotatable bonds is 5. The molecule has 7 heteroatoms. The number of nitrogens with two attached hydrogens (primary N) is 1. The van der Waals surface area contributed by atoms with Crippen LogP contribution in [0.5, 0.6) is 0 Å². The summed E-state index contributed by atoms with van der Waals surface area (Å²) in [6.07, 6.45) is 2.96. The Labute approximate surface area is 171 Å². The summed E-state index contributed by atoms with van der Waals surface area (Å²) in [5, 5.41) is 0. The SMILES string of the molecule is CCc1nc(-c2cccc(C(=O)N3CCN(C)C(=O)C3CC(C)C)c2)cnc1N. The van der Waals surface area contributed by atoms with Gasteiger partial charge < -0.3 is 15.5 Å². The van der Waals surface area contributed by atoms with Crippen LogP contribution in [0.3, 0.4) is 0 Å². The molecule has 0 spiro atoms. The van der Waals surface area contributed by atoms with Gasteiger partial charge in [-0.25, -0.2) is 9.97 Å². The van der Waals surface area contributed by atoms with Crippen molar-refractivity contribution in [2.24, 2.45) is 5.92 Å². The van der Waals surface area contributed by atoms with E-state index < -0.39 is 6.04 Å². The number of carbonyl (C=O) groups is 2. The highest BCUT2D eigenvalue weighted by Gasteiger charge is 2.36. The monoisotopic (exact) mass is 395 g/mol. The predicted molar refractivity (Wildman–Crippen MR) is 113 cm³/mol. The first-order valence-electron chi connectivity index (χ1n) is 10.1. The number of aromatic nitrogens is 2. The number of amides is 2. The van der Waals surface area contributed by atoms with E-state index in [1.165, 1.54) is 0 Å². The maximum atomic E-state index is 13.3. The first kappa shape index (κ1) is 20.8. The molecule has 1 atom stereocenters. The number of hydrogen-bond donors (Lipinski definition) is 1. The molecular weight excluding hydrogens is 366 g/mol. The molecule has 1 aromatic heterocycles. The van der Waals surface area contributed by atoms with Crippen LogP contribution in [-0.4, -0.2) is 57.8 Å². The zero-order valence-corrected chi connectivity index (χ0v) is 17.6. The molecule has 2 N–H and O–H groups in total. The molecule has 154 valence electrons. The van der Waals surface area contributed by atoms with E-state index in [1.807, 2.05) is 25.1 Å². The van der Waals surface area contributed by atoms with E-state index in [4.69, 9.17) is 5.73 Å². The van der Waals surface area contributed by atoms with Gasteiger partial charge in [-0.2, -0.15) is 0 Å². The van der Waals surface area contributed by atoms with Gasteiger partial charge in [-0.15, -0.1) is 0 Å². The van der Waals surface area contributed by atoms with Gasteiger partial charge in [-0.05, 0) is 30.9 Å². The second-order valence-corrected chi connectivity index (χ2v) is 7.93. The van der Waals surface area contributed by atoms with Crippen molar-refractivity contribution in [1.82, 2.24) is 19.8 Å². The van der Waals surface area contributed by atoms with Crippen LogP contribution in [0.4, 0.5) is 5.82 Å². The van der Waals surface area contributed by atoms with E-state index in [9.17, 15) is 9.59 Å². The fraction of sp³-hybridized carbons (Fsp3) is 0.455. The fourth-order valence-electron chi connectivity index (χ4n) is 3.64. The molecule has 1 aliphatic heterocycles. The second-order valence-electron chi connectivity index (χ2n) is 7.93. The molecule has 0 radical (unpaired) electrons. The van der Waals surface area contributed by atoms with Gasteiger partial charge in [-0.3, -0.25) is 9.59 Å². The molecule has 2 amide bonds. The molecule has 3 rings (SSSR count). The predicted octanol–water partition coefficient (Wildman–Crippen LogP) is 2.62. The minimum atomic E-state index is -0.423. The number of benzene rings is 1. The van der Waals surface area contributed by atoms with E-state index in [2.05, 4.69) is 23.8 Å². The summed E-state index contributed by atoms with van der Waals surface area (Å²) in [7, 11) is 1.79. The summed E-state index contributed by atoms with van der Waals surface area (Å²) >= 11 is 0. The molecule has 0 aliphatic carbocycles. The van der Waals surface area contributed by atoms with Crippen LogP contribution in [0.1, 0.15) is 43.2 Å². The summed E-state index contributed by atoms with van der Waals surface area (Å²) in [5.41, 5.74) is 8.63. The van der Waals surface area contributed by atoms with Crippen LogP contribution in [0, 0.1) is 5.92 Å². The number of carbonyl (C=O) groups excluding carboxylic acids is 2. The van der Waals surface area contributed by atoms with Gasteiger partial charge in [0, 0.05) is 31.3 Å². The lowest BCUT2D eigenvalue weighted by Crippen LogP contribution is -2.57. The number of nitrogens with zero attached hydrogens (tertiary/aromatic N) is 4. The zero-order chi connectivity index (χ0) is 21.1. The third-order valence-electron chi connectivity index (χ3n) is 5.29. The van der Waals surface area contributed by atoms with Gasteiger partial charge >= 0.3 is 0 Å². The van der Waals surface area contributed by atoms with Crippen molar-refractivity contribution < 1.29 is 9.59 Å². The molecule has 1 aromatic carbocycles. The van der Waals surface area contributed by atoms with Gasteiger partial charge in [0.15, 0.2) is 0 Å². The van der Waals surface area contributed by atoms with E-state index in [0.717, 1.165) is 11.3 Å². The summed E-state index contributed by atoms with van der Waals surface area (Å²) in [6.45, 7) is 7.18. The average Bonchev–Trinajstić information content (AvgIpc) is 2.71. The van der Waals surface area contributed by atoms with Crippen LogP contribution in [0.15, 0.2) is 30.5 Å². The molecule has 0 bridgehead atoms. The molecule has 1 fully saturated rings. The quantitative estimate of drug-likeness (QED) is 0.840. The topological polar surface area (TPSA) is 92.4 Å². The molecule has 1 aliphatic rings. The molecule has 1 unspecified atom stereocenters. The maximum Gasteiger partial charge on any atom is 0.254 e. The van der Waals surface area contributed by atoms with E-state index >= 15 is 0 Å². The smallest absolute Gasteiger partial charge is 0.254 e. The fourth-order valence-corrected chi connectivity index (χ4v) is 3.64. The molecular formula is C22H29N5O2. The van der Waals surface area contributed by atoms with Crippen molar-refractivity contribution in [3.8, 4) is 11.3 Å². The van der Waals surface area contributed by atoms with Crippen molar-refractivity contribution in [1.29, 1.82) is 0 Å². The standard InChI is InChI=1S/C22H29N5O2/c1-5-17-20(23)24-13-18(25-17)15-7-6-8-16(12-15)21(28)27-10-9-26(4)22(29)19(27)11-14(2)3/h6-8,12-14,19H,5,9-11H2,1-4H3,(H2,23,24). The van der Waals surface area contributed by atoms with Crippen molar-refractivity contribution in [2.45, 2.75) is 39.7 Å². The van der Waals surface area contributed by atoms with Crippen molar-refractivity contribution >= 4 is 17.6 Å². The van der Waals surface area contributed by atoms with Crippen molar-refractivity contribution in [3.05, 3.63) is 41.7 Å². The Morgan fingerprint density at radius 1 is 1.31 bits per heavy atom. The van der Waals surface area contributed by atoms with Crippen LogP contribution >= 0.6 is 0 Å². The van der Waals surface area contributed by atoms with Crippen molar-refractivity contribution in [2.75, 3.05) is 25.9 Å². The lowest BCUT2D eigenvalue weighted by molar-refractivity contribution is -0.139. The Bertz CT molecular complexity index is 912. The average molecular weight is 396 g/mol. The Morgan fingerprint density at radius 3 is 2.76 bits per heavy atom. The minimum Gasteiger partial charge on any atom is -0.382 e. The molecule has 2 heterocycles. The number of anilines is 1. The summed E-state index contributed by atoms with van der Waals surface area (Å²) in [5.74, 6) is 0.620. The third-order valence-corrected chi connectivity index (χ3v) is 5.29. The highest BCUT2D eigenvalue weighted by atomic mass is 16.2. The zero-order valence-electron chi connectivity index (χ0n) is 17.6. The Morgan fingerprint density at radius 2 is 2.07 bits per heavy atom. The van der Waals surface area contributed by atoms with E-state index in [0.29, 0.717) is 48.9 Å². The van der Waals surface area contributed by atoms with Gasteiger partial charge in [0.1, 0.15) is 11.9 Å².